The maximum Gasteiger partial charge on any atom is 0.326 e. The minimum atomic E-state index is -0.537. The number of ether oxygens (including phenoxy) is 1. The van der Waals surface area contributed by atoms with Crippen LogP contribution in [0, 0.1) is 6.92 Å². The Kier molecular flexibility index (Phi) is 5.83. The zero-order valence-electron chi connectivity index (χ0n) is 18.4. The van der Waals surface area contributed by atoms with Gasteiger partial charge in [-0.3, -0.25) is 15.0 Å². The lowest BCUT2D eigenvalue weighted by molar-refractivity contribution is -0.115. The van der Waals surface area contributed by atoms with E-state index in [2.05, 4.69) is 51.9 Å². The van der Waals surface area contributed by atoms with Crippen LogP contribution in [0.15, 0.2) is 30.1 Å². The lowest BCUT2D eigenvalue weighted by Crippen LogP contribution is -2.45. The Morgan fingerprint density at radius 3 is 2.79 bits per heavy atom. The number of thiophene rings is 1. The molecule has 3 aromatic heterocycles. The average Bonchev–Trinajstić information content (AvgIpc) is 3.51. The van der Waals surface area contributed by atoms with E-state index in [4.69, 9.17) is 9.72 Å². The minimum absolute atomic E-state index is 0.171. The maximum atomic E-state index is 12.0. The minimum Gasteiger partial charge on any atom is -0.379 e. The average molecular weight is 468 g/mol. The Morgan fingerprint density at radius 1 is 1.27 bits per heavy atom. The second-order valence-electron chi connectivity index (χ2n) is 8.12. The number of hydrogen-bond donors (Lipinski definition) is 3. The van der Waals surface area contributed by atoms with Gasteiger partial charge in [-0.05, 0) is 32.1 Å². The molecule has 0 aromatic carbocycles. The number of fused-ring (bicyclic) bond motifs is 1. The standard InChI is InChI=1S/C22H25N7O3S/c1-13(28-5-7-32-8-6-28)11-23-19-10-16(18-4-3-14(2)33-18)25-20-15(12-24-29(19)20)9-17-21(30)27-22(31)26-17/h3-4,9-10,12-13,23H,5-8,11H2,1-2H3,(H2,26,27,30,31)/b17-9-. The van der Waals surface area contributed by atoms with E-state index in [1.54, 1.807) is 28.1 Å². The van der Waals surface area contributed by atoms with E-state index in [9.17, 15) is 9.59 Å². The summed E-state index contributed by atoms with van der Waals surface area (Å²) in [6.07, 6.45) is 3.24. The SMILES string of the molecule is Cc1ccc(-c2cc(NCC(C)N3CCOCC3)n3ncc(/C=C4\NC(=O)NC4=O)c3n2)s1. The molecule has 3 aromatic rings. The molecule has 172 valence electrons. The van der Waals surface area contributed by atoms with E-state index in [-0.39, 0.29) is 5.70 Å². The Labute approximate surface area is 194 Å². The van der Waals surface area contributed by atoms with Crippen molar-refractivity contribution in [2.24, 2.45) is 0 Å². The Bertz CT molecular complexity index is 1240. The van der Waals surface area contributed by atoms with Gasteiger partial charge in [-0.25, -0.2) is 9.78 Å². The molecule has 0 bridgehead atoms. The van der Waals surface area contributed by atoms with Gasteiger partial charge in [-0.1, -0.05) is 0 Å². The number of morpholine rings is 1. The third-order valence-corrected chi connectivity index (χ3v) is 6.78. The fourth-order valence-corrected chi connectivity index (χ4v) is 4.77. The highest BCUT2D eigenvalue weighted by molar-refractivity contribution is 7.15. The maximum absolute atomic E-state index is 12.0. The predicted octanol–water partition coefficient (Wildman–Crippen LogP) is 2.08. The van der Waals surface area contributed by atoms with Crippen LogP contribution < -0.4 is 16.0 Å². The molecule has 1 unspecified atom stereocenters. The summed E-state index contributed by atoms with van der Waals surface area (Å²) in [5, 5.41) is 12.8. The van der Waals surface area contributed by atoms with Crippen molar-refractivity contribution in [3.63, 3.8) is 0 Å². The quantitative estimate of drug-likeness (QED) is 0.376. The van der Waals surface area contributed by atoms with Crippen molar-refractivity contribution in [1.82, 2.24) is 30.1 Å². The van der Waals surface area contributed by atoms with Crippen LogP contribution in [-0.4, -0.2) is 70.3 Å². The van der Waals surface area contributed by atoms with Crippen LogP contribution in [0.2, 0.25) is 0 Å². The first-order valence-corrected chi connectivity index (χ1v) is 11.6. The molecule has 11 heteroatoms. The number of nitrogens with one attached hydrogen (secondary N) is 3. The van der Waals surface area contributed by atoms with Crippen molar-refractivity contribution in [3.8, 4) is 10.6 Å². The number of aromatic nitrogens is 3. The smallest absolute Gasteiger partial charge is 0.326 e. The molecule has 2 aliphatic rings. The number of imide groups is 1. The number of rotatable bonds is 6. The lowest BCUT2D eigenvalue weighted by Gasteiger charge is -2.32. The monoisotopic (exact) mass is 467 g/mol. The van der Waals surface area contributed by atoms with Crippen LogP contribution in [0.1, 0.15) is 17.4 Å². The van der Waals surface area contributed by atoms with Gasteiger partial charge < -0.3 is 15.4 Å². The van der Waals surface area contributed by atoms with Crippen LogP contribution in [0.4, 0.5) is 10.6 Å². The van der Waals surface area contributed by atoms with E-state index >= 15 is 0 Å². The zero-order valence-corrected chi connectivity index (χ0v) is 19.2. The van der Waals surface area contributed by atoms with Crippen LogP contribution in [0.3, 0.4) is 0 Å². The Balaban J connectivity index is 1.50. The number of nitrogens with zero attached hydrogens (tertiary/aromatic N) is 4. The van der Waals surface area contributed by atoms with E-state index in [1.807, 2.05) is 6.07 Å². The van der Waals surface area contributed by atoms with E-state index < -0.39 is 11.9 Å². The summed E-state index contributed by atoms with van der Waals surface area (Å²) in [5.41, 5.74) is 2.23. The van der Waals surface area contributed by atoms with Crippen LogP contribution in [0.25, 0.3) is 22.3 Å². The highest BCUT2D eigenvalue weighted by Gasteiger charge is 2.24. The lowest BCUT2D eigenvalue weighted by atomic mass is 10.2. The van der Waals surface area contributed by atoms with Gasteiger partial charge in [0.2, 0.25) is 0 Å². The first-order chi connectivity index (χ1) is 16.0. The zero-order chi connectivity index (χ0) is 22.9. The van der Waals surface area contributed by atoms with E-state index in [0.29, 0.717) is 17.3 Å². The highest BCUT2D eigenvalue weighted by Crippen LogP contribution is 2.30. The number of hydrogen-bond acceptors (Lipinski definition) is 8. The summed E-state index contributed by atoms with van der Waals surface area (Å²) >= 11 is 1.67. The van der Waals surface area contributed by atoms with Crippen LogP contribution >= 0.6 is 11.3 Å². The van der Waals surface area contributed by atoms with Gasteiger partial charge in [-0.15, -0.1) is 11.3 Å². The number of aryl methyl sites for hydroxylation is 1. The normalized spacial score (nSPS) is 19.2. The first-order valence-electron chi connectivity index (χ1n) is 10.8. The molecular formula is C22H25N7O3S. The number of urea groups is 1. The summed E-state index contributed by atoms with van der Waals surface area (Å²) < 4.78 is 7.20. The summed E-state index contributed by atoms with van der Waals surface area (Å²) in [6, 6.07) is 5.90. The predicted molar refractivity (Wildman–Crippen MR) is 126 cm³/mol. The molecule has 0 saturated carbocycles. The topological polar surface area (TPSA) is 113 Å². The van der Waals surface area contributed by atoms with E-state index in [1.165, 1.54) is 4.88 Å². The first kappa shape index (κ1) is 21.6. The molecule has 2 fully saturated rings. The van der Waals surface area contributed by atoms with Gasteiger partial charge in [0.1, 0.15) is 11.5 Å². The van der Waals surface area contributed by atoms with Gasteiger partial charge in [0, 0.05) is 42.2 Å². The molecule has 0 spiro atoms. The number of amides is 3. The van der Waals surface area contributed by atoms with Crippen molar-refractivity contribution >= 4 is 40.8 Å². The number of carbonyl (C=O) groups is 2. The molecule has 10 nitrogen and oxygen atoms in total. The molecule has 1 atom stereocenters. The van der Waals surface area contributed by atoms with Gasteiger partial charge >= 0.3 is 6.03 Å². The number of carbonyl (C=O) groups excluding carboxylic acids is 2. The molecule has 3 N–H and O–H groups in total. The second kappa shape index (κ2) is 8.93. The van der Waals surface area contributed by atoms with Crippen molar-refractivity contribution in [3.05, 3.63) is 40.5 Å². The molecule has 2 aliphatic heterocycles. The molecule has 5 rings (SSSR count). The van der Waals surface area contributed by atoms with Crippen molar-refractivity contribution in [2.45, 2.75) is 19.9 Å². The molecule has 5 heterocycles. The number of anilines is 1. The Hall–Kier alpha value is -3.28. The largest absolute Gasteiger partial charge is 0.379 e. The van der Waals surface area contributed by atoms with Gasteiger partial charge in [0.05, 0.1) is 30.0 Å². The third kappa shape index (κ3) is 4.47. The van der Waals surface area contributed by atoms with Crippen molar-refractivity contribution < 1.29 is 14.3 Å². The molecule has 3 amide bonds. The molecule has 0 radical (unpaired) electrons. The van der Waals surface area contributed by atoms with Gasteiger partial charge in [0.25, 0.3) is 5.91 Å². The molecule has 0 aliphatic carbocycles. The highest BCUT2D eigenvalue weighted by atomic mass is 32.1. The molecular weight excluding hydrogens is 442 g/mol. The van der Waals surface area contributed by atoms with Gasteiger partial charge in [0.15, 0.2) is 5.65 Å². The van der Waals surface area contributed by atoms with E-state index in [0.717, 1.165) is 49.2 Å². The molecule has 2 saturated heterocycles. The van der Waals surface area contributed by atoms with Crippen molar-refractivity contribution in [2.75, 3.05) is 38.2 Å². The fourth-order valence-electron chi connectivity index (χ4n) is 3.94. The summed E-state index contributed by atoms with van der Waals surface area (Å²) in [4.78, 5) is 33.0. The Morgan fingerprint density at radius 2 is 2.09 bits per heavy atom. The van der Waals surface area contributed by atoms with Crippen LogP contribution in [-0.2, 0) is 9.53 Å². The van der Waals surface area contributed by atoms with Gasteiger partial charge in [-0.2, -0.15) is 9.61 Å². The summed E-state index contributed by atoms with van der Waals surface area (Å²) in [5.74, 6) is 0.341. The second-order valence-corrected chi connectivity index (χ2v) is 9.40. The molecule has 33 heavy (non-hydrogen) atoms. The summed E-state index contributed by atoms with van der Waals surface area (Å²) in [7, 11) is 0. The van der Waals surface area contributed by atoms with Crippen LogP contribution in [0.5, 0.6) is 0 Å². The summed E-state index contributed by atoms with van der Waals surface area (Å²) in [6.45, 7) is 8.34. The third-order valence-electron chi connectivity index (χ3n) is 5.76. The fraction of sp³-hybridized carbons (Fsp3) is 0.364. The van der Waals surface area contributed by atoms with Crippen molar-refractivity contribution in [1.29, 1.82) is 0 Å².